The summed E-state index contributed by atoms with van der Waals surface area (Å²) in [6.07, 6.45) is 0. The number of nitrogens with one attached hydrogen (secondary N) is 1. The number of ketones is 1. The number of carbonyl (C=O) groups excluding carboxylic acids is 2. The van der Waals surface area contributed by atoms with Gasteiger partial charge in [0.25, 0.3) is 0 Å². The Kier molecular flexibility index (Phi) is 6.37. The zero-order valence-electron chi connectivity index (χ0n) is 10.8. The topological polar surface area (TPSA) is 63.2 Å². The first-order chi connectivity index (χ1) is 8.88. The third-order valence-electron chi connectivity index (χ3n) is 2.18. The third-order valence-corrected chi connectivity index (χ3v) is 3.84. The molecule has 1 N–H and O–H groups in total. The first-order valence-corrected chi connectivity index (χ1v) is 8.09. The molecule has 0 fully saturated rings. The van der Waals surface area contributed by atoms with E-state index in [1.165, 1.54) is 0 Å². The molecule has 0 bridgehead atoms. The number of amides is 1. The van der Waals surface area contributed by atoms with E-state index in [9.17, 15) is 13.8 Å². The van der Waals surface area contributed by atoms with Crippen LogP contribution >= 0.6 is 15.9 Å². The van der Waals surface area contributed by atoms with Gasteiger partial charge < -0.3 is 5.32 Å². The zero-order valence-corrected chi connectivity index (χ0v) is 13.2. The van der Waals surface area contributed by atoms with Gasteiger partial charge in [0.1, 0.15) is 5.75 Å². The van der Waals surface area contributed by atoms with E-state index in [0.29, 0.717) is 5.56 Å². The molecule has 1 unspecified atom stereocenters. The van der Waals surface area contributed by atoms with Gasteiger partial charge in [-0.1, -0.05) is 28.1 Å². The van der Waals surface area contributed by atoms with Gasteiger partial charge >= 0.3 is 0 Å². The molecule has 1 amide bonds. The van der Waals surface area contributed by atoms with Gasteiger partial charge in [0, 0.05) is 26.9 Å². The molecule has 0 aliphatic heterocycles. The molecule has 4 nitrogen and oxygen atoms in total. The van der Waals surface area contributed by atoms with Crippen molar-refractivity contribution >= 4 is 38.4 Å². The Hall–Kier alpha value is -1.01. The molecule has 1 aromatic rings. The van der Waals surface area contributed by atoms with Gasteiger partial charge in [-0.05, 0) is 26.0 Å². The van der Waals surface area contributed by atoms with Gasteiger partial charge in [-0.25, -0.2) is 0 Å². The summed E-state index contributed by atoms with van der Waals surface area (Å²) in [7, 11) is -1.48. The Morgan fingerprint density at radius 1 is 1.32 bits per heavy atom. The quantitative estimate of drug-likeness (QED) is 0.801. The summed E-state index contributed by atoms with van der Waals surface area (Å²) in [5.41, 5.74) is 0.493. The largest absolute Gasteiger partial charge is 0.353 e. The number of halogens is 1. The maximum atomic E-state index is 11.9. The van der Waals surface area contributed by atoms with Crippen LogP contribution in [0.1, 0.15) is 24.2 Å². The SMILES string of the molecule is CC(C)NC(=O)CS(=O)CC(=O)c1cccc(Br)c1. The van der Waals surface area contributed by atoms with Crippen LogP contribution in [-0.4, -0.2) is 33.4 Å². The van der Waals surface area contributed by atoms with Crippen LogP contribution in [0.4, 0.5) is 0 Å². The first kappa shape index (κ1) is 16.0. The molecule has 0 saturated carbocycles. The summed E-state index contributed by atoms with van der Waals surface area (Å²) in [5, 5.41) is 2.64. The number of hydrogen-bond donors (Lipinski definition) is 1. The fourth-order valence-electron chi connectivity index (χ4n) is 1.45. The highest BCUT2D eigenvalue weighted by Gasteiger charge is 2.14. The molecule has 0 aliphatic rings. The van der Waals surface area contributed by atoms with Crippen molar-refractivity contribution in [1.82, 2.24) is 5.32 Å². The van der Waals surface area contributed by atoms with Crippen molar-refractivity contribution in [2.45, 2.75) is 19.9 Å². The summed E-state index contributed by atoms with van der Waals surface area (Å²) in [4.78, 5) is 23.3. The summed E-state index contributed by atoms with van der Waals surface area (Å²) in [6, 6.07) is 6.90. The molecule has 0 spiro atoms. The smallest absolute Gasteiger partial charge is 0.232 e. The van der Waals surface area contributed by atoms with E-state index in [2.05, 4.69) is 21.2 Å². The lowest BCUT2D eigenvalue weighted by atomic mass is 10.2. The van der Waals surface area contributed by atoms with Crippen LogP contribution in [0.5, 0.6) is 0 Å². The van der Waals surface area contributed by atoms with Crippen LogP contribution in [0.3, 0.4) is 0 Å². The molecule has 0 aliphatic carbocycles. The second kappa shape index (κ2) is 7.55. The van der Waals surface area contributed by atoms with E-state index in [-0.39, 0.29) is 29.2 Å². The van der Waals surface area contributed by atoms with E-state index >= 15 is 0 Å². The minimum Gasteiger partial charge on any atom is -0.353 e. The molecular formula is C13H16BrNO3S. The average Bonchev–Trinajstić information content (AvgIpc) is 2.27. The lowest BCUT2D eigenvalue weighted by molar-refractivity contribution is -0.119. The third kappa shape index (κ3) is 6.11. The number of Topliss-reactive ketones (excluding diaryl/α,β-unsaturated/α-hetero) is 1. The van der Waals surface area contributed by atoms with Crippen molar-refractivity contribution in [3.63, 3.8) is 0 Å². The lowest BCUT2D eigenvalue weighted by Crippen LogP contribution is -2.34. The molecule has 0 saturated heterocycles. The fraction of sp³-hybridized carbons (Fsp3) is 0.385. The standard InChI is InChI=1S/C13H16BrNO3S/c1-9(2)15-13(17)8-19(18)7-12(16)10-4-3-5-11(14)6-10/h3-6,9H,7-8H2,1-2H3,(H,15,17). The van der Waals surface area contributed by atoms with E-state index in [1.807, 2.05) is 19.9 Å². The van der Waals surface area contributed by atoms with Crippen molar-refractivity contribution in [3.05, 3.63) is 34.3 Å². The van der Waals surface area contributed by atoms with Gasteiger partial charge in [-0.3, -0.25) is 13.8 Å². The molecular weight excluding hydrogens is 330 g/mol. The maximum Gasteiger partial charge on any atom is 0.232 e. The number of rotatable bonds is 6. The molecule has 0 radical (unpaired) electrons. The van der Waals surface area contributed by atoms with Crippen LogP contribution in [-0.2, 0) is 15.6 Å². The lowest BCUT2D eigenvalue weighted by Gasteiger charge is -2.07. The maximum absolute atomic E-state index is 11.9. The van der Waals surface area contributed by atoms with E-state index in [1.54, 1.807) is 18.2 Å². The molecule has 1 atom stereocenters. The number of hydrogen-bond acceptors (Lipinski definition) is 3. The van der Waals surface area contributed by atoms with Crippen LogP contribution in [0.25, 0.3) is 0 Å². The van der Waals surface area contributed by atoms with Crippen molar-refractivity contribution < 1.29 is 13.8 Å². The average molecular weight is 346 g/mol. The molecule has 0 aromatic heterocycles. The fourth-order valence-corrected chi connectivity index (χ4v) is 2.79. The normalized spacial score (nSPS) is 12.2. The molecule has 1 aromatic carbocycles. The summed E-state index contributed by atoms with van der Waals surface area (Å²) < 4.78 is 12.5. The van der Waals surface area contributed by atoms with Gasteiger partial charge in [-0.2, -0.15) is 0 Å². The first-order valence-electron chi connectivity index (χ1n) is 5.81. The zero-order chi connectivity index (χ0) is 14.4. The van der Waals surface area contributed by atoms with E-state index in [0.717, 1.165) is 4.47 Å². The second-order valence-electron chi connectivity index (χ2n) is 4.38. The molecule has 6 heteroatoms. The van der Waals surface area contributed by atoms with Crippen LogP contribution in [0.2, 0.25) is 0 Å². The highest BCUT2D eigenvalue weighted by atomic mass is 79.9. The molecule has 104 valence electrons. The van der Waals surface area contributed by atoms with Gasteiger partial charge in [0.2, 0.25) is 5.91 Å². The van der Waals surface area contributed by atoms with E-state index < -0.39 is 10.8 Å². The van der Waals surface area contributed by atoms with E-state index in [4.69, 9.17) is 0 Å². The molecule has 19 heavy (non-hydrogen) atoms. The summed E-state index contributed by atoms with van der Waals surface area (Å²) in [6.45, 7) is 3.65. The monoisotopic (exact) mass is 345 g/mol. The predicted molar refractivity (Wildman–Crippen MR) is 79.6 cm³/mol. The van der Waals surface area contributed by atoms with Gasteiger partial charge in [0.05, 0.1) is 5.75 Å². The number of carbonyl (C=O) groups is 2. The van der Waals surface area contributed by atoms with Crippen LogP contribution < -0.4 is 5.32 Å². The van der Waals surface area contributed by atoms with Crippen molar-refractivity contribution in [3.8, 4) is 0 Å². The van der Waals surface area contributed by atoms with Gasteiger partial charge in [-0.15, -0.1) is 0 Å². The predicted octanol–water partition coefficient (Wildman–Crippen LogP) is 1.91. The Labute approximate surface area is 123 Å². The summed E-state index contributed by atoms with van der Waals surface area (Å²) >= 11 is 3.27. The Bertz CT molecular complexity index is 502. The second-order valence-corrected chi connectivity index (χ2v) is 6.76. The summed E-state index contributed by atoms with van der Waals surface area (Å²) in [5.74, 6) is -0.799. The highest BCUT2D eigenvalue weighted by molar-refractivity contribution is 9.10. The molecule has 0 heterocycles. The Morgan fingerprint density at radius 3 is 2.58 bits per heavy atom. The Balaban J connectivity index is 2.53. The highest BCUT2D eigenvalue weighted by Crippen LogP contribution is 2.12. The molecule has 1 rings (SSSR count). The van der Waals surface area contributed by atoms with Crippen molar-refractivity contribution in [2.75, 3.05) is 11.5 Å². The minimum atomic E-state index is -1.48. The van der Waals surface area contributed by atoms with Crippen LogP contribution in [0, 0.1) is 0 Å². The van der Waals surface area contributed by atoms with Gasteiger partial charge in [0.15, 0.2) is 5.78 Å². The minimum absolute atomic E-state index is 0.00489. The number of benzene rings is 1. The Morgan fingerprint density at radius 2 is 2.00 bits per heavy atom. The van der Waals surface area contributed by atoms with Crippen molar-refractivity contribution in [1.29, 1.82) is 0 Å². The van der Waals surface area contributed by atoms with Crippen LogP contribution in [0.15, 0.2) is 28.7 Å². The van der Waals surface area contributed by atoms with Crippen molar-refractivity contribution in [2.24, 2.45) is 0 Å².